The van der Waals surface area contributed by atoms with E-state index in [-0.39, 0.29) is 22.5 Å². The first-order valence-corrected chi connectivity index (χ1v) is 13.2. The number of hydrogen-bond donors (Lipinski definition) is 4. The fourth-order valence-electron chi connectivity index (χ4n) is 6.27. The van der Waals surface area contributed by atoms with Crippen molar-refractivity contribution < 1.29 is 39.4 Å². The standard InChI is InChI=1S/C30H38O8/c1-15-10-29(2,3)12-19-22(15)23(24-18(32)11-30(4,5)13-20(24)37-19)16-6-8-17(9-7-16)36-28-27(35)26(34)25(33)21(14-31)38-28/h6-9,21,23,25-28,31,33-35H,1,10-14H2,2-5H3/t21?,23?,25-,26?,27?,28-/m1/s1. The Balaban J connectivity index is 1.48. The lowest BCUT2D eigenvalue weighted by atomic mass is 9.65. The molecule has 0 aromatic heterocycles. The predicted molar refractivity (Wildman–Crippen MR) is 139 cm³/mol. The highest BCUT2D eigenvalue weighted by Crippen LogP contribution is 2.55. The van der Waals surface area contributed by atoms with Crippen LogP contribution in [-0.4, -0.2) is 63.5 Å². The second-order valence-corrected chi connectivity index (χ2v) is 12.7. The fraction of sp³-hybridized carbons (Fsp3) is 0.567. The van der Waals surface area contributed by atoms with Crippen molar-refractivity contribution >= 4 is 5.78 Å². The van der Waals surface area contributed by atoms with Crippen LogP contribution in [0, 0.1) is 10.8 Å². The summed E-state index contributed by atoms with van der Waals surface area (Å²) in [5.74, 6) is 1.81. The lowest BCUT2D eigenvalue weighted by molar-refractivity contribution is -0.277. The van der Waals surface area contributed by atoms with Crippen molar-refractivity contribution in [1.29, 1.82) is 0 Å². The van der Waals surface area contributed by atoms with Gasteiger partial charge in [0.1, 0.15) is 41.7 Å². The van der Waals surface area contributed by atoms with Gasteiger partial charge in [0.15, 0.2) is 5.78 Å². The Morgan fingerprint density at radius 3 is 2.13 bits per heavy atom. The normalized spacial score (nSPS) is 34.4. The lowest BCUT2D eigenvalue weighted by Gasteiger charge is -2.44. The number of benzene rings is 1. The number of carbonyl (C=O) groups is 1. The Kier molecular flexibility index (Phi) is 6.85. The topological polar surface area (TPSA) is 126 Å². The molecule has 4 unspecified atom stereocenters. The van der Waals surface area contributed by atoms with Crippen LogP contribution in [0.1, 0.15) is 64.9 Å². The average Bonchev–Trinajstić information content (AvgIpc) is 2.82. The summed E-state index contributed by atoms with van der Waals surface area (Å²) in [6.45, 7) is 12.4. The average molecular weight is 527 g/mol. The molecule has 0 radical (unpaired) electrons. The second kappa shape index (κ2) is 9.61. The summed E-state index contributed by atoms with van der Waals surface area (Å²) in [6.07, 6.45) is -4.09. The van der Waals surface area contributed by atoms with Crippen LogP contribution in [0.15, 0.2) is 59.1 Å². The van der Waals surface area contributed by atoms with E-state index in [0.717, 1.165) is 41.1 Å². The van der Waals surface area contributed by atoms with Crippen molar-refractivity contribution in [3.05, 3.63) is 64.6 Å². The molecule has 4 aliphatic rings. The van der Waals surface area contributed by atoms with Gasteiger partial charge in [-0.05, 0) is 40.5 Å². The first-order valence-electron chi connectivity index (χ1n) is 13.2. The zero-order valence-electron chi connectivity index (χ0n) is 22.4. The second-order valence-electron chi connectivity index (χ2n) is 12.7. The molecule has 4 N–H and O–H groups in total. The first kappa shape index (κ1) is 27.1. The van der Waals surface area contributed by atoms with Gasteiger partial charge in [-0.15, -0.1) is 0 Å². The Hall–Kier alpha value is -2.49. The fourth-order valence-corrected chi connectivity index (χ4v) is 6.27. The highest BCUT2D eigenvalue weighted by molar-refractivity contribution is 6.00. The molecule has 2 aliphatic heterocycles. The molecule has 38 heavy (non-hydrogen) atoms. The van der Waals surface area contributed by atoms with E-state index in [1.165, 1.54) is 0 Å². The largest absolute Gasteiger partial charge is 0.465 e. The van der Waals surface area contributed by atoms with Gasteiger partial charge in [0.2, 0.25) is 6.29 Å². The molecule has 5 rings (SSSR count). The van der Waals surface area contributed by atoms with E-state index < -0.39 is 37.3 Å². The number of carbonyl (C=O) groups excluding carboxylic acids is 1. The molecule has 0 bridgehead atoms. The first-order chi connectivity index (χ1) is 17.8. The summed E-state index contributed by atoms with van der Waals surface area (Å²) in [5, 5.41) is 39.9. The molecule has 1 aromatic rings. The number of ketones is 1. The summed E-state index contributed by atoms with van der Waals surface area (Å²) in [6, 6.07) is 7.20. The van der Waals surface area contributed by atoms with Crippen LogP contribution >= 0.6 is 0 Å². The maximum absolute atomic E-state index is 13.5. The highest BCUT2D eigenvalue weighted by atomic mass is 16.7. The number of Topliss-reactive ketones (excluding diaryl/α,β-unsaturated/α-hetero) is 1. The summed E-state index contributed by atoms with van der Waals surface area (Å²) in [4.78, 5) is 13.5. The van der Waals surface area contributed by atoms with Crippen LogP contribution < -0.4 is 4.74 Å². The van der Waals surface area contributed by atoms with Crippen LogP contribution in [0.4, 0.5) is 0 Å². The van der Waals surface area contributed by atoms with Crippen LogP contribution in [0.3, 0.4) is 0 Å². The van der Waals surface area contributed by atoms with E-state index in [1.807, 2.05) is 12.1 Å². The summed E-state index contributed by atoms with van der Waals surface area (Å²) in [5.41, 5.74) is 3.40. The molecule has 0 amide bonds. The smallest absolute Gasteiger partial charge is 0.229 e. The van der Waals surface area contributed by atoms with Gasteiger partial charge in [0, 0.05) is 36.3 Å². The summed E-state index contributed by atoms with van der Waals surface area (Å²) in [7, 11) is 0. The van der Waals surface area contributed by atoms with E-state index in [4.69, 9.17) is 14.2 Å². The highest BCUT2D eigenvalue weighted by Gasteiger charge is 2.47. The molecular formula is C30H38O8. The molecule has 8 nitrogen and oxygen atoms in total. The Morgan fingerprint density at radius 1 is 0.895 bits per heavy atom. The molecule has 0 spiro atoms. The molecule has 1 aromatic carbocycles. The van der Waals surface area contributed by atoms with Crippen molar-refractivity contribution in [2.24, 2.45) is 10.8 Å². The van der Waals surface area contributed by atoms with Crippen molar-refractivity contribution in [3.8, 4) is 5.75 Å². The van der Waals surface area contributed by atoms with Crippen molar-refractivity contribution in [1.82, 2.24) is 0 Å². The molecule has 0 saturated carbocycles. The monoisotopic (exact) mass is 526 g/mol. The molecule has 2 heterocycles. The van der Waals surface area contributed by atoms with Gasteiger partial charge in [0.05, 0.1) is 6.61 Å². The number of allylic oxidation sites excluding steroid dienone is 5. The predicted octanol–water partition coefficient (Wildman–Crippen LogP) is 3.25. The molecule has 206 valence electrons. The minimum atomic E-state index is -1.52. The Labute approximate surface area is 223 Å². The van der Waals surface area contributed by atoms with Crippen LogP contribution in [0.25, 0.3) is 0 Å². The molecular weight excluding hydrogens is 488 g/mol. The third-order valence-electron chi connectivity index (χ3n) is 8.03. The van der Waals surface area contributed by atoms with Gasteiger partial charge in [-0.3, -0.25) is 4.79 Å². The molecule has 1 fully saturated rings. The summed E-state index contributed by atoms with van der Waals surface area (Å²) < 4.78 is 17.7. The van der Waals surface area contributed by atoms with E-state index in [2.05, 4.69) is 34.3 Å². The number of hydrogen-bond acceptors (Lipinski definition) is 8. The van der Waals surface area contributed by atoms with Crippen molar-refractivity contribution in [2.75, 3.05) is 6.61 Å². The Morgan fingerprint density at radius 2 is 1.50 bits per heavy atom. The molecule has 6 atom stereocenters. The lowest BCUT2D eigenvalue weighted by Crippen LogP contribution is -2.60. The quantitative estimate of drug-likeness (QED) is 0.471. The molecule has 8 heteroatoms. The van der Waals surface area contributed by atoms with Crippen LogP contribution in [-0.2, 0) is 14.3 Å². The van der Waals surface area contributed by atoms with E-state index >= 15 is 0 Å². The van der Waals surface area contributed by atoms with Gasteiger partial charge >= 0.3 is 0 Å². The maximum atomic E-state index is 13.5. The van der Waals surface area contributed by atoms with Gasteiger partial charge in [-0.25, -0.2) is 0 Å². The minimum absolute atomic E-state index is 0.00975. The summed E-state index contributed by atoms with van der Waals surface area (Å²) >= 11 is 0. The van der Waals surface area contributed by atoms with E-state index in [1.54, 1.807) is 12.1 Å². The van der Waals surface area contributed by atoms with Crippen molar-refractivity contribution in [3.63, 3.8) is 0 Å². The minimum Gasteiger partial charge on any atom is -0.465 e. The van der Waals surface area contributed by atoms with E-state index in [0.29, 0.717) is 24.2 Å². The number of aliphatic hydroxyl groups is 4. The number of rotatable bonds is 4. The van der Waals surface area contributed by atoms with E-state index in [9.17, 15) is 25.2 Å². The third-order valence-corrected chi connectivity index (χ3v) is 8.03. The maximum Gasteiger partial charge on any atom is 0.229 e. The van der Waals surface area contributed by atoms with Crippen molar-refractivity contribution in [2.45, 2.75) is 90.0 Å². The van der Waals surface area contributed by atoms with Gasteiger partial charge < -0.3 is 34.6 Å². The van der Waals surface area contributed by atoms with Crippen LogP contribution in [0.2, 0.25) is 0 Å². The van der Waals surface area contributed by atoms with Gasteiger partial charge in [-0.1, -0.05) is 46.4 Å². The third kappa shape index (κ3) is 4.84. The number of ether oxygens (including phenoxy) is 3. The molecule has 1 saturated heterocycles. The zero-order chi connectivity index (χ0) is 27.6. The SMILES string of the molecule is C=C1CC(C)(C)CC2=C1C(c1ccc(O[C@@H]3OC(CO)[C@@H](O)C(O)C3O)cc1)C1=C(CC(C)(C)CC1=O)O2. The number of aliphatic hydroxyl groups excluding tert-OH is 4. The zero-order valence-corrected chi connectivity index (χ0v) is 22.4. The Bertz CT molecular complexity index is 1140. The van der Waals surface area contributed by atoms with Gasteiger partial charge in [0.25, 0.3) is 0 Å². The van der Waals surface area contributed by atoms with Crippen LogP contribution in [0.5, 0.6) is 5.75 Å². The molecule has 2 aliphatic carbocycles. The van der Waals surface area contributed by atoms with Gasteiger partial charge in [-0.2, -0.15) is 0 Å².